The van der Waals surface area contributed by atoms with Gasteiger partial charge in [-0.2, -0.15) is 0 Å². The lowest BCUT2D eigenvalue weighted by Crippen LogP contribution is -2.33. The van der Waals surface area contributed by atoms with E-state index in [1.807, 2.05) is 18.2 Å². The van der Waals surface area contributed by atoms with E-state index < -0.39 is 0 Å². The van der Waals surface area contributed by atoms with E-state index in [1.54, 1.807) is 14.2 Å². The molecule has 1 saturated carbocycles. The summed E-state index contributed by atoms with van der Waals surface area (Å²) in [5.41, 5.74) is 1.07. The second-order valence-electron chi connectivity index (χ2n) is 7.36. The Kier molecular flexibility index (Phi) is 5.77. The monoisotopic (exact) mass is 402 g/mol. The molecule has 1 saturated heterocycles. The van der Waals surface area contributed by atoms with Gasteiger partial charge in [0.25, 0.3) is 0 Å². The normalized spacial score (nSPS) is 20.0. The largest absolute Gasteiger partial charge is 0.497 e. The van der Waals surface area contributed by atoms with E-state index in [1.165, 1.54) is 30.6 Å². The number of hydrogen-bond acceptors (Lipinski definition) is 7. The molecule has 2 aromatic rings. The molecule has 1 aromatic carbocycles. The van der Waals surface area contributed by atoms with Crippen LogP contribution in [0.25, 0.3) is 0 Å². The van der Waals surface area contributed by atoms with Gasteiger partial charge < -0.3 is 9.47 Å². The first kappa shape index (κ1) is 19.1. The van der Waals surface area contributed by atoms with Crippen molar-refractivity contribution < 1.29 is 14.3 Å². The van der Waals surface area contributed by atoms with Gasteiger partial charge in [0.15, 0.2) is 0 Å². The Labute approximate surface area is 169 Å². The van der Waals surface area contributed by atoms with Crippen molar-refractivity contribution in [3.63, 3.8) is 0 Å². The number of nitrogens with one attached hydrogen (secondary N) is 1. The van der Waals surface area contributed by atoms with Gasteiger partial charge in [0, 0.05) is 17.5 Å². The summed E-state index contributed by atoms with van der Waals surface area (Å²) in [7, 11) is 3.33. The van der Waals surface area contributed by atoms with E-state index in [0.717, 1.165) is 41.5 Å². The molecule has 1 aromatic heterocycles. The van der Waals surface area contributed by atoms with Crippen molar-refractivity contribution in [3.8, 4) is 11.5 Å². The lowest BCUT2D eigenvalue weighted by atomic mass is 9.86. The average molecular weight is 403 g/mol. The fourth-order valence-corrected chi connectivity index (χ4v) is 4.84. The minimum atomic E-state index is -0.0509. The molecule has 4 rings (SSSR count). The number of rotatable bonds is 7. The van der Waals surface area contributed by atoms with Crippen molar-refractivity contribution in [1.29, 1.82) is 0 Å². The summed E-state index contributed by atoms with van der Waals surface area (Å²) in [5, 5.41) is 12.9. The second kappa shape index (κ2) is 8.45. The van der Waals surface area contributed by atoms with Gasteiger partial charge in [-0.1, -0.05) is 17.8 Å². The van der Waals surface area contributed by atoms with Gasteiger partial charge in [-0.15, -0.1) is 10.2 Å². The van der Waals surface area contributed by atoms with E-state index in [9.17, 15) is 4.79 Å². The van der Waals surface area contributed by atoms with Crippen LogP contribution in [0.4, 0.5) is 5.13 Å². The van der Waals surface area contributed by atoms with Gasteiger partial charge in [0.05, 0.1) is 20.8 Å². The second-order valence-corrected chi connectivity index (χ2v) is 8.37. The van der Waals surface area contributed by atoms with E-state index in [2.05, 4.69) is 20.4 Å². The number of amides is 1. The van der Waals surface area contributed by atoms with Crippen LogP contribution in [-0.2, 0) is 4.79 Å². The van der Waals surface area contributed by atoms with E-state index >= 15 is 0 Å². The first-order valence-corrected chi connectivity index (χ1v) is 10.6. The van der Waals surface area contributed by atoms with Crippen molar-refractivity contribution in [2.24, 2.45) is 0 Å². The third kappa shape index (κ3) is 3.98. The van der Waals surface area contributed by atoms with Gasteiger partial charge in [0.1, 0.15) is 16.5 Å². The fraction of sp³-hybridized carbons (Fsp3) is 0.550. The van der Waals surface area contributed by atoms with Crippen molar-refractivity contribution in [2.75, 3.05) is 32.6 Å². The molecule has 1 unspecified atom stereocenters. The lowest BCUT2D eigenvalue weighted by molar-refractivity contribution is -0.117. The molecule has 1 amide bonds. The van der Waals surface area contributed by atoms with Gasteiger partial charge in [-0.3, -0.25) is 15.0 Å². The maximum atomic E-state index is 12.6. The molecule has 0 radical (unpaired) electrons. The lowest BCUT2D eigenvalue weighted by Gasteiger charge is -2.25. The Morgan fingerprint density at radius 2 is 2.07 bits per heavy atom. The SMILES string of the molecule is COc1ccc(OC)c(C2CCCN2CC(=O)Nc2nnc(C3CCC3)s2)c1. The number of hydrogen-bond donors (Lipinski definition) is 1. The molecule has 2 fully saturated rings. The van der Waals surface area contributed by atoms with Crippen LogP contribution < -0.4 is 14.8 Å². The third-order valence-electron chi connectivity index (χ3n) is 5.65. The fourth-order valence-electron chi connectivity index (χ4n) is 3.92. The molecular weight excluding hydrogens is 376 g/mol. The summed E-state index contributed by atoms with van der Waals surface area (Å²) in [6.07, 6.45) is 5.65. The molecule has 2 aliphatic rings. The number of likely N-dealkylation sites (tertiary alicyclic amines) is 1. The molecule has 0 bridgehead atoms. The van der Waals surface area contributed by atoms with Gasteiger partial charge in [-0.05, 0) is 50.4 Å². The van der Waals surface area contributed by atoms with Crippen LogP contribution in [0.15, 0.2) is 18.2 Å². The predicted molar refractivity (Wildman–Crippen MR) is 108 cm³/mol. The smallest absolute Gasteiger partial charge is 0.240 e. The molecule has 150 valence electrons. The highest BCUT2D eigenvalue weighted by molar-refractivity contribution is 7.15. The van der Waals surface area contributed by atoms with Crippen molar-refractivity contribution in [3.05, 3.63) is 28.8 Å². The van der Waals surface area contributed by atoms with E-state index in [-0.39, 0.29) is 11.9 Å². The number of benzene rings is 1. The maximum absolute atomic E-state index is 12.6. The summed E-state index contributed by atoms with van der Waals surface area (Å²) < 4.78 is 10.9. The van der Waals surface area contributed by atoms with Crippen LogP contribution in [0.3, 0.4) is 0 Å². The Balaban J connectivity index is 1.42. The molecule has 2 heterocycles. The number of carbonyl (C=O) groups excluding carboxylic acids is 1. The molecule has 1 aliphatic heterocycles. The number of anilines is 1. The summed E-state index contributed by atoms with van der Waals surface area (Å²) in [5.74, 6) is 2.11. The van der Waals surface area contributed by atoms with Crippen LogP contribution >= 0.6 is 11.3 Å². The molecule has 8 heteroatoms. The highest BCUT2D eigenvalue weighted by Gasteiger charge is 2.30. The summed E-state index contributed by atoms with van der Waals surface area (Å²) in [6.45, 7) is 1.20. The number of ether oxygens (including phenoxy) is 2. The Morgan fingerprint density at radius 1 is 1.21 bits per heavy atom. The van der Waals surface area contributed by atoms with Crippen molar-refractivity contribution in [2.45, 2.75) is 44.1 Å². The molecule has 7 nitrogen and oxygen atoms in total. The zero-order valence-electron chi connectivity index (χ0n) is 16.3. The Hall–Kier alpha value is -2.19. The molecule has 1 N–H and O–H groups in total. The average Bonchev–Trinajstić information content (AvgIpc) is 3.29. The number of methoxy groups -OCH3 is 2. The highest BCUT2D eigenvalue weighted by atomic mass is 32.1. The summed E-state index contributed by atoms with van der Waals surface area (Å²) in [4.78, 5) is 14.8. The van der Waals surface area contributed by atoms with E-state index in [0.29, 0.717) is 17.6 Å². The van der Waals surface area contributed by atoms with Crippen LogP contribution in [-0.4, -0.2) is 48.3 Å². The van der Waals surface area contributed by atoms with Crippen LogP contribution in [0, 0.1) is 0 Å². The maximum Gasteiger partial charge on any atom is 0.240 e. The Bertz CT molecular complexity index is 837. The molecule has 28 heavy (non-hydrogen) atoms. The van der Waals surface area contributed by atoms with Gasteiger partial charge >= 0.3 is 0 Å². The van der Waals surface area contributed by atoms with Crippen molar-refractivity contribution >= 4 is 22.4 Å². The van der Waals surface area contributed by atoms with Crippen LogP contribution in [0.2, 0.25) is 0 Å². The number of nitrogens with zero attached hydrogens (tertiary/aromatic N) is 3. The molecular formula is C20H26N4O3S. The summed E-state index contributed by atoms with van der Waals surface area (Å²) in [6, 6.07) is 5.96. The standard InChI is InChI=1S/C20H26N4O3S/c1-26-14-8-9-17(27-2)15(11-14)16-7-4-10-24(16)12-18(25)21-20-23-22-19(28-20)13-5-3-6-13/h8-9,11,13,16H,3-7,10,12H2,1-2H3,(H,21,23,25). The molecule has 1 atom stereocenters. The van der Waals surface area contributed by atoms with Gasteiger partial charge in [-0.25, -0.2) is 0 Å². The predicted octanol–water partition coefficient (Wildman–Crippen LogP) is 3.60. The zero-order chi connectivity index (χ0) is 19.5. The van der Waals surface area contributed by atoms with E-state index in [4.69, 9.17) is 9.47 Å². The number of aromatic nitrogens is 2. The molecule has 0 spiro atoms. The topological polar surface area (TPSA) is 76.6 Å². The first-order valence-electron chi connectivity index (χ1n) is 9.77. The first-order chi connectivity index (χ1) is 13.7. The highest BCUT2D eigenvalue weighted by Crippen LogP contribution is 2.40. The minimum Gasteiger partial charge on any atom is -0.497 e. The Morgan fingerprint density at radius 3 is 2.79 bits per heavy atom. The van der Waals surface area contributed by atoms with Crippen molar-refractivity contribution in [1.82, 2.24) is 15.1 Å². The van der Waals surface area contributed by atoms with Crippen LogP contribution in [0.1, 0.15) is 54.6 Å². The van der Waals surface area contributed by atoms with Gasteiger partial charge in [0.2, 0.25) is 11.0 Å². The summed E-state index contributed by atoms with van der Waals surface area (Å²) >= 11 is 1.50. The minimum absolute atomic E-state index is 0.0509. The molecule has 1 aliphatic carbocycles. The third-order valence-corrected chi connectivity index (χ3v) is 6.65. The zero-order valence-corrected chi connectivity index (χ0v) is 17.1. The van der Waals surface area contributed by atoms with Crippen LogP contribution in [0.5, 0.6) is 11.5 Å². The number of carbonyl (C=O) groups is 1. The quantitative estimate of drug-likeness (QED) is 0.763.